The molecular formula is C9H13NO2. The number of hydrogen-bond acceptors (Lipinski definition) is 2. The fourth-order valence-electron chi connectivity index (χ4n) is 1.15. The minimum Gasteiger partial charge on any atom is -0.289 e. The number of imide groups is 1. The smallest absolute Gasteiger partial charge is 0.254 e. The lowest BCUT2D eigenvalue weighted by atomic mass is 9.88. The molecule has 0 atom stereocenters. The monoisotopic (exact) mass is 167 g/mol. The van der Waals surface area contributed by atoms with Crippen molar-refractivity contribution in [3.8, 4) is 0 Å². The molecular weight excluding hydrogens is 154 g/mol. The summed E-state index contributed by atoms with van der Waals surface area (Å²) in [7, 11) is 0. The molecule has 1 N–H and O–H groups in total. The van der Waals surface area contributed by atoms with Gasteiger partial charge in [0, 0.05) is 11.6 Å². The van der Waals surface area contributed by atoms with E-state index in [0.717, 1.165) is 0 Å². The van der Waals surface area contributed by atoms with E-state index in [9.17, 15) is 9.59 Å². The Balaban J connectivity index is 2.71. The zero-order valence-corrected chi connectivity index (χ0v) is 7.60. The largest absolute Gasteiger partial charge is 0.289 e. The number of amides is 2. The quantitative estimate of drug-likeness (QED) is 0.592. The molecule has 0 aromatic carbocycles. The SMILES string of the molecule is CC(C)(C)CC1=CC(=O)NC1=O. The number of carbonyl (C=O) groups excluding carboxylic acids is 2. The molecule has 0 saturated carbocycles. The maximum Gasteiger partial charge on any atom is 0.254 e. The van der Waals surface area contributed by atoms with Crippen LogP contribution < -0.4 is 5.32 Å². The second kappa shape index (κ2) is 2.73. The third kappa shape index (κ3) is 2.19. The van der Waals surface area contributed by atoms with Crippen molar-refractivity contribution in [3.63, 3.8) is 0 Å². The highest BCUT2D eigenvalue weighted by Gasteiger charge is 2.24. The second-order valence-corrected chi connectivity index (χ2v) is 4.23. The average Bonchev–Trinajstić information content (AvgIpc) is 2.06. The summed E-state index contributed by atoms with van der Waals surface area (Å²) in [6.07, 6.45) is 2.03. The molecule has 0 fully saturated rings. The molecule has 3 heteroatoms. The lowest BCUT2D eigenvalue weighted by Crippen LogP contribution is -2.23. The van der Waals surface area contributed by atoms with Crippen LogP contribution in [-0.4, -0.2) is 11.8 Å². The fraction of sp³-hybridized carbons (Fsp3) is 0.556. The highest BCUT2D eigenvalue weighted by Crippen LogP contribution is 2.25. The van der Waals surface area contributed by atoms with E-state index in [1.54, 1.807) is 0 Å². The normalized spacial score (nSPS) is 17.8. The summed E-state index contributed by atoms with van der Waals surface area (Å²) in [5, 5.41) is 2.22. The van der Waals surface area contributed by atoms with Crippen molar-refractivity contribution in [2.24, 2.45) is 5.41 Å². The minimum atomic E-state index is -0.292. The number of rotatable bonds is 1. The highest BCUT2D eigenvalue weighted by molar-refractivity contribution is 6.16. The van der Waals surface area contributed by atoms with Crippen LogP contribution in [0.25, 0.3) is 0 Å². The summed E-state index contributed by atoms with van der Waals surface area (Å²) in [6.45, 7) is 6.09. The van der Waals surface area contributed by atoms with E-state index >= 15 is 0 Å². The lowest BCUT2D eigenvalue weighted by Gasteiger charge is -2.17. The topological polar surface area (TPSA) is 46.2 Å². The summed E-state index contributed by atoms with van der Waals surface area (Å²) in [6, 6.07) is 0. The van der Waals surface area contributed by atoms with Gasteiger partial charge in [-0.2, -0.15) is 0 Å². The third-order valence-corrected chi connectivity index (χ3v) is 1.55. The molecule has 1 rings (SSSR count). The first-order valence-corrected chi connectivity index (χ1v) is 3.94. The van der Waals surface area contributed by atoms with E-state index in [1.165, 1.54) is 6.08 Å². The van der Waals surface area contributed by atoms with Crippen LogP contribution in [0.3, 0.4) is 0 Å². The molecule has 0 aromatic rings. The Bertz CT molecular complexity index is 258. The zero-order valence-electron chi connectivity index (χ0n) is 7.60. The first-order valence-electron chi connectivity index (χ1n) is 3.94. The average molecular weight is 167 g/mol. The molecule has 0 unspecified atom stereocenters. The van der Waals surface area contributed by atoms with Crippen LogP contribution in [0.15, 0.2) is 11.6 Å². The molecule has 1 aliphatic rings. The van der Waals surface area contributed by atoms with Crippen molar-refractivity contribution < 1.29 is 9.59 Å². The van der Waals surface area contributed by atoms with Gasteiger partial charge in [-0.25, -0.2) is 0 Å². The van der Waals surface area contributed by atoms with Gasteiger partial charge in [-0.15, -0.1) is 0 Å². The van der Waals surface area contributed by atoms with Crippen molar-refractivity contribution in [2.75, 3.05) is 0 Å². The number of nitrogens with one attached hydrogen (secondary N) is 1. The van der Waals surface area contributed by atoms with Crippen molar-refractivity contribution in [1.29, 1.82) is 0 Å². The van der Waals surface area contributed by atoms with Gasteiger partial charge in [0.15, 0.2) is 0 Å². The first kappa shape index (κ1) is 8.97. The first-order chi connectivity index (χ1) is 5.38. The molecule has 3 nitrogen and oxygen atoms in total. The van der Waals surface area contributed by atoms with Gasteiger partial charge in [-0.3, -0.25) is 14.9 Å². The van der Waals surface area contributed by atoms with Crippen LogP contribution in [0.1, 0.15) is 27.2 Å². The predicted octanol–water partition coefficient (Wildman–Crippen LogP) is 1.01. The molecule has 0 aliphatic carbocycles. The van der Waals surface area contributed by atoms with E-state index in [1.807, 2.05) is 20.8 Å². The minimum absolute atomic E-state index is 0.0494. The van der Waals surface area contributed by atoms with Crippen LogP contribution in [0, 0.1) is 5.41 Å². The van der Waals surface area contributed by atoms with Gasteiger partial charge in [0.2, 0.25) is 0 Å². The maximum atomic E-state index is 11.1. The Hall–Kier alpha value is -1.12. The van der Waals surface area contributed by atoms with Crippen LogP contribution in [-0.2, 0) is 9.59 Å². The zero-order chi connectivity index (χ0) is 9.35. The summed E-state index contributed by atoms with van der Waals surface area (Å²) in [5.41, 5.74) is 0.640. The van der Waals surface area contributed by atoms with Gasteiger partial charge in [0.05, 0.1) is 0 Å². The molecule has 1 heterocycles. The summed E-state index contributed by atoms with van der Waals surface area (Å²) < 4.78 is 0. The van der Waals surface area contributed by atoms with E-state index in [0.29, 0.717) is 12.0 Å². The van der Waals surface area contributed by atoms with E-state index in [-0.39, 0.29) is 17.2 Å². The van der Waals surface area contributed by atoms with Gasteiger partial charge in [0.1, 0.15) is 0 Å². The summed E-state index contributed by atoms with van der Waals surface area (Å²) in [4.78, 5) is 21.8. The van der Waals surface area contributed by atoms with Gasteiger partial charge >= 0.3 is 0 Å². The number of hydrogen-bond donors (Lipinski definition) is 1. The van der Waals surface area contributed by atoms with E-state index in [2.05, 4.69) is 5.32 Å². The highest BCUT2D eigenvalue weighted by atomic mass is 16.2. The molecule has 2 amide bonds. The maximum absolute atomic E-state index is 11.1. The Kier molecular flexibility index (Phi) is 2.04. The van der Waals surface area contributed by atoms with Gasteiger partial charge in [-0.05, 0) is 11.8 Å². The summed E-state index contributed by atoms with van der Waals surface area (Å²) in [5.74, 6) is -0.533. The Morgan fingerprint density at radius 1 is 1.33 bits per heavy atom. The van der Waals surface area contributed by atoms with Gasteiger partial charge in [0.25, 0.3) is 11.8 Å². The lowest BCUT2D eigenvalue weighted by molar-refractivity contribution is -0.124. The molecule has 0 saturated heterocycles. The molecule has 1 aliphatic heterocycles. The molecule has 0 aromatic heterocycles. The van der Waals surface area contributed by atoms with Gasteiger partial charge < -0.3 is 0 Å². The standard InChI is InChI=1S/C9H13NO2/c1-9(2,3)5-6-4-7(11)10-8(6)12/h4H,5H2,1-3H3,(H,10,11,12). The molecule has 12 heavy (non-hydrogen) atoms. The number of carbonyl (C=O) groups is 2. The van der Waals surface area contributed by atoms with Crippen molar-refractivity contribution in [1.82, 2.24) is 5.32 Å². The van der Waals surface area contributed by atoms with Crippen LogP contribution in [0.4, 0.5) is 0 Å². The fourth-order valence-corrected chi connectivity index (χ4v) is 1.15. The second-order valence-electron chi connectivity index (χ2n) is 4.23. The van der Waals surface area contributed by atoms with Gasteiger partial charge in [-0.1, -0.05) is 20.8 Å². The Labute approximate surface area is 71.8 Å². The Morgan fingerprint density at radius 2 is 1.92 bits per heavy atom. The molecule has 0 bridgehead atoms. The molecule has 66 valence electrons. The van der Waals surface area contributed by atoms with Crippen molar-refractivity contribution in [2.45, 2.75) is 27.2 Å². The Morgan fingerprint density at radius 3 is 2.25 bits per heavy atom. The molecule has 0 radical (unpaired) electrons. The van der Waals surface area contributed by atoms with E-state index < -0.39 is 0 Å². The van der Waals surface area contributed by atoms with Crippen LogP contribution in [0.5, 0.6) is 0 Å². The van der Waals surface area contributed by atoms with Crippen LogP contribution in [0.2, 0.25) is 0 Å². The van der Waals surface area contributed by atoms with E-state index in [4.69, 9.17) is 0 Å². The summed E-state index contributed by atoms with van der Waals surface area (Å²) >= 11 is 0. The van der Waals surface area contributed by atoms with Crippen molar-refractivity contribution >= 4 is 11.8 Å². The third-order valence-electron chi connectivity index (χ3n) is 1.55. The van der Waals surface area contributed by atoms with Crippen LogP contribution >= 0.6 is 0 Å². The van der Waals surface area contributed by atoms with Crippen molar-refractivity contribution in [3.05, 3.63) is 11.6 Å². The predicted molar refractivity (Wildman–Crippen MR) is 45.3 cm³/mol. The molecule has 0 spiro atoms.